The van der Waals surface area contributed by atoms with E-state index in [9.17, 15) is 4.79 Å². The SMILES string of the molecule is CCOCCCN1CCC(NC(=O)c2n[nH]c3c2CNCC3)C(C)C1. The highest BCUT2D eigenvalue weighted by Gasteiger charge is 2.29. The molecule has 7 heteroatoms. The van der Waals surface area contributed by atoms with Crippen LogP contribution in [0.1, 0.15) is 48.4 Å². The fourth-order valence-electron chi connectivity index (χ4n) is 3.83. The fourth-order valence-corrected chi connectivity index (χ4v) is 3.83. The minimum Gasteiger partial charge on any atom is -0.382 e. The summed E-state index contributed by atoms with van der Waals surface area (Å²) in [6.07, 6.45) is 2.97. The molecule has 7 nitrogen and oxygen atoms in total. The van der Waals surface area contributed by atoms with Gasteiger partial charge in [-0.3, -0.25) is 9.89 Å². The zero-order valence-corrected chi connectivity index (χ0v) is 15.4. The van der Waals surface area contributed by atoms with E-state index in [0.717, 1.165) is 76.5 Å². The molecule has 0 aromatic carbocycles. The van der Waals surface area contributed by atoms with Gasteiger partial charge in [0, 0.05) is 69.7 Å². The number of aromatic amines is 1. The van der Waals surface area contributed by atoms with E-state index >= 15 is 0 Å². The predicted molar refractivity (Wildman–Crippen MR) is 96.6 cm³/mol. The Balaban J connectivity index is 1.49. The number of hydrogen-bond acceptors (Lipinski definition) is 5. The summed E-state index contributed by atoms with van der Waals surface area (Å²) < 4.78 is 5.41. The minimum absolute atomic E-state index is 0.0390. The van der Waals surface area contributed by atoms with Crippen LogP contribution in [0.25, 0.3) is 0 Å². The molecule has 3 heterocycles. The van der Waals surface area contributed by atoms with Gasteiger partial charge in [-0.2, -0.15) is 5.10 Å². The van der Waals surface area contributed by atoms with Crippen molar-refractivity contribution in [1.29, 1.82) is 0 Å². The monoisotopic (exact) mass is 349 g/mol. The maximum Gasteiger partial charge on any atom is 0.272 e. The lowest BCUT2D eigenvalue weighted by atomic mass is 9.93. The Kier molecular flexibility index (Phi) is 6.45. The highest BCUT2D eigenvalue weighted by molar-refractivity contribution is 5.94. The Morgan fingerprint density at radius 3 is 3.16 bits per heavy atom. The van der Waals surface area contributed by atoms with Gasteiger partial charge < -0.3 is 20.3 Å². The van der Waals surface area contributed by atoms with Gasteiger partial charge in [-0.1, -0.05) is 6.92 Å². The number of fused-ring (bicyclic) bond motifs is 1. The average Bonchev–Trinajstić information content (AvgIpc) is 3.05. The number of rotatable bonds is 7. The molecule has 140 valence electrons. The Hall–Kier alpha value is -1.44. The predicted octanol–water partition coefficient (Wildman–Crippen LogP) is 0.922. The second kappa shape index (κ2) is 8.78. The van der Waals surface area contributed by atoms with E-state index in [2.05, 4.69) is 32.7 Å². The van der Waals surface area contributed by atoms with Gasteiger partial charge in [-0.15, -0.1) is 0 Å². The number of H-pyrrole nitrogens is 1. The summed E-state index contributed by atoms with van der Waals surface area (Å²) in [5.41, 5.74) is 2.69. The Bertz CT molecular complexity index is 574. The summed E-state index contributed by atoms with van der Waals surface area (Å²) in [5, 5.41) is 13.8. The van der Waals surface area contributed by atoms with Crippen LogP contribution in [-0.2, 0) is 17.7 Å². The van der Waals surface area contributed by atoms with Crippen molar-refractivity contribution in [1.82, 2.24) is 25.7 Å². The molecule has 25 heavy (non-hydrogen) atoms. The van der Waals surface area contributed by atoms with Gasteiger partial charge in [0.25, 0.3) is 5.91 Å². The number of piperidine rings is 1. The van der Waals surface area contributed by atoms with E-state index in [0.29, 0.717) is 11.6 Å². The van der Waals surface area contributed by atoms with Gasteiger partial charge in [0.2, 0.25) is 0 Å². The van der Waals surface area contributed by atoms with Crippen LogP contribution < -0.4 is 10.6 Å². The van der Waals surface area contributed by atoms with Crippen molar-refractivity contribution in [3.8, 4) is 0 Å². The molecule has 2 aliphatic rings. The summed E-state index contributed by atoms with van der Waals surface area (Å²) in [4.78, 5) is 15.1. The average molecular weight is 349 g/mol. The molecular weight excluding hydrogens is 318 g/mol. The molecule has 3 rings (SSSR count). The van der Waals surface area contributed by atoms with Crippen LogP contribution in [0.2, 0.25) is 0 Å². The third kappa shape index (κ3) is 4.59. The highest BCUT2D eigenvalue weighted by atomic mass is 16.5. The van der Waals surface area contributed by atoms with Crippen LogP contribution in [0.4, 0.5) is 0 Å². The Morgan fingerprint density at radius 2 is 2.36 bits per heavy atom. The van der Waals surface area contributed by atoms with Crippen LogP contribution in [0, 0.1) is 5.92 Å². The van der Waals surface area contributed by atoms with Crippen molar-refractivity contribution in [2.75, 3.05) is 39.4 Å². The quantitative estimate of drug-likeness (QED) is 0.638. The molecule has 1 saturated heterocycles. The van der Waals surface area contributed by atoms with Crippen LogP contribution in [0.3, 0.4) is 0 Å². The zero-order valence-electron chi connectivity index (χ0n) is 15.4. The third-order valence-corrected chi connectivity index (χ3v) is 5.29. The van der Waals surface area contributed by atoms with Gasteiger partial charge in [0.1, 0.15) is 0 Å². The topological polar surface area (TPSA) is 82.3 Å². The number of carbonyl (C=O) groups excluding carboxylic acids is 1. The number of likely N-dealkylation sites (tertiary alicyclic amines) is 1. The molecule has 1 aromatic heterocycles. The van der Waals surface area contributed by atoms with Gasteiger partial charge >= 0.3 is 0 Å². The van der Waals surface area contributed by atoms with E-state index in [-0.39, 0.29) is 11.9 Å². The van der Waals surface area contributed by atoms with E-state index in [1.54, 1.807) is 0 Å². The maximum absolute atomic E-state index is 12.7. The maximum atomic E-state index is 12.7. The molecule has 0 bridgehead atoms. The third-order valence-electron chi connectivity index (χ3n) is 5.29. The van der Waals surface area contributed by atoms with Crippen LogP contribution in [0.5, 0.6) is 0 Å². The van der Waals surface area contributed by atoms with E-state index < -0.39 is 0 Å². The minimum atomic E-state index is -0.0390. The number of hydrogen-bond donors (Lipinski definition) is 3. The Labute approximate surface area is 149 Å². The summed E-state index contributed by atoms with van der Waals surface area (Å²) in [6.45, 7) is 10.7. The molecule has 0 saturated carbocycles. The van der Waals surface area contributed by atoms with Crippen molar-refractivity contribution >= 4 is 5.91 Å². The largest absolute Gasteiger partial charge is 0.382 e. The molecule has 3 N–H and O–H groups in total. The number of nitrogens with zero attached hydrogens (tertiary/aromatic N) is 2. The summed E-state index contributed by atoms with van der Waals surface area (Å²) in [7, 11) is 0. The molecule has 2 aliphatic heterocycles. The van der Waals surface area contributed by atoms with E-state index in [1.807, 2.05) is 6.92 Å². The summed E-state index contributed by atoms with van der Waals surface area (Å²) in [6, 6.07) is 0.222. The highest BCUT2D eigenvalue weighted by Crippen LogP contribution is 2.19. The van der Waals surface area contributed by atoms with Gasteiger partial charge in [-0.05, 0) is 25.7 Å². The smallest absolute Gasteiger partial charge is 0.272 e. The molecule has 2 atom stereocenters. The standard InChI is InChI=1S/C18H31N5O2/c1-3-25-10-4-8-23-9-6-15(13(2)12-23)20-18(24)17-14-11-19-7-5-16(14)21-22-17/h13,15,19H,3-12H2,1-2H3,(H,20,24)(H,21,22). The molecule has 0 spiro atoms. The van der Waals surface area contributed by atoms with Crippen LogP contribution in [0.15, 0.2) is 0 Å². The first-order chi connectivity index (χ1) is 12.2. The second-order valence-corrected chi connectivity index (χ2v) is 7.15. The van der Waals surface area contributed by atoms with Crippen molar-refractivity contribution < 1.29 is 9.53 Å². The molecular formula is C18H31N5O2. The van der Waals surface area contributed by atoms with Crippen molar-refractivity contribution in [3.63, 3.8) is 0 Å². The van der Waals surface area contributed by atoms with Crippen LogP contribution in [-0.4, -0.2) is 66.4 Å². The van der Waals surface area contributed by atoms with Crippen molar-refractivity contribution in [2.24, 2.45) is 5.92 Å². The number of ether oxygens (including phenoxy) is 1. The molecule has 1 amide bonds. The number of nitrogens with one attached hydrogen (secondary N) is 3. The first-order valence-corrected chi connectivity index (χ1v) is 9.56. The lowest BCUT2D eigenvalue weighted by Gasteiger charge is -2.37. The van der Waals surface area contributed by atoms with E-state index in [1.165, 1.54) is 0 Å². The normalized spacial score (nSPS) is 24.1. The van der Waals surface area contributed by atoms with Gasteiger partial charge in [-0.25, -0.2) is 0 Å². The zero-order chi connectivity index (χ0) is 17.6. The van der Waals surface area contributed by atoms with Gasteiger partial charge in [0.15, 0.2) is 5.69 Å². The molecule has 1 aromatic rings. The first kappa shape index (κ1) is 18.4. The number of carbonyl (C=O) groups is 1. The van der Waals surface area contributed by atoms with Crippen molar-refractivity contribution in [3.05, 3.63) is 17.0 Å². The summed E-state index contributed by atoms with van der Waals surface area (Å²) >= 11 is 0. The molecule has 0 radical (unpaired) electrons. The lowest BCUT2D eigenvalue weighted by molar-refractivity contribution is 0.0838. The first-order valence-electron chi connectivity index (χ1n) is 9.56. The van der Waals surface area contributed by atoms with E-state index in [4.69, 9.17) is 4.74 Å². The second-order valence-electron chi connectivity index (χ2n) is 7.15. The number of amides is 1. The molecule has 1 fully saturated rings. The fraction of sp³-hybridized carbons (Fsp3) is 0.778. The van der Waals surface area contributed by atoms with Gasteiger partial charge in [0.05, 0.1) is 0 Å². The lowest BCUT2D eigenvalue weighted by Crippen LogP contribution is -2.50. The number of aromatic nitrogens is 2. The molecule has 0 aliphatic carbocycles. The Morgan fingerprint density at radius 1 is 1.48 bits per heavy atom. The molecule has 2 unspecified atom stereocenters. The van der Waals surface area contributed by atoms with Crippen LogP contribution >= 0.6 is 0 Å². The van der Waals surface area contributed by atoms with Crippen molar-refractivity contribution in [2.45, 2.75) is 45.7 Å². The summed E-state index contributed by atoms with van der Waals surface area (Å²) in [5.74, 6) is 0.403.